The SMILES string of the molecule is N[C@H](CF)c1cc([N+](=O)[O-])cc(Br)c1O. The number of benzene rings is 1. The number of phenolic OH excluding ortho intramolecular Hbond substituents is 1. The minimum absolute atomic E-state index is 0.0126. The first-order chi connectivity index (χ1) is 6.97. The van der Waals surface area contributed by atoms with E-state index in [1.165, 1.54) is 0 Å². The molecule has 0 aromatic heterocycles. The molecule has 0 radical (unpaired) electrons. The summed E-state index contributed by atoms with van der Waals surface area (Å²) in [5.74, 6) is -0.272. The molecule has 82 valence electrons. The Balaban J connectivity index is 3.31. The number of alkyl halides is 1. The molecule has 1 rings (SSSR count). The van der Waals surface area contributed by atoms with Crippen molar-refractivity contribution in [3.8, 4) is 5.75 Å². The number of halogens is 2. The summed E-state index contributed by atoms with van der Waals surface area (Å²) in [6.45, 7) is -0.902. The summed E-state index contributed by atoms with van der Waals surface area (Å²) in [5.41, 5.74) is 5.12. The van der Waals surface area contributed by atoms with Crippen LogP contribution in [0.1, 0.15) is 11.6 Å². The summed E-state index contributed by atoms with van der Waals surface area (Å²) in [6, 6.07) is 1.12. The van der Waals surface area contributed by atoms with Gasteiger partial charge in [-0.1, -0.05) is 0 Å². The number of hydrogen-bond donors (Lipinski definition) is 2. The van der Waals surface area contributed by atoms with E-state index in [-0.39, 0.29) is 21.5 Å². The maximum Gasteiger partial charge on any atom is 0.271 e. The first-order valence-electron chi connectivity index (χ1n) is 3.95. The molecule has 1 aromatic carbocycles. The number of hydrogen-bond acceptors (Lipinski definition) is 4. The number of nitrogens with zero attached hydrogens (tertiary/aromatic N) is 1. The molecule has 0 spiro atoms. The van der Waals surface area contributed by atoms with E-state index >= 15 is 0 Å². The molecule has 1 atom stereocenters. The highest BCUT2D eigenvalue weighted by Gasteiger charge is 2.19. The molecule has 1 aromatic rings. The monoisotopic (exact) mass is 278 g/mol. The van der Waals surface area contributed by atoms with Crippen LogP contribution in [0.5, 0.6) is 5.75 Å². The molecule has 0 unspecified atom stereocenters. The molecular weight excluding hydrogens is 271 g/mol. The second-order valence-electron chi connectivity index (χ2n) is 2.88. The Morgan fingerprint density at radius 1 is 1.67 bits per heavy atom. The van der Waals surface area contributed by atoms with Gasteiger partial charge in [0.25, 0.3) is 5.69 Å². The number of nitrogens with two attached hydrogens (primary N) is 1. The molecule has 0 aliphatic heterocycles. The van der Waals surface area contributed by atoms with Crippen molar-refractivity contribution in [1.29, 1.82) is 0 Å². The molecule has 0 fully saturated rings. The van der Waals surface area contributed by atoms with Crippen LogP contribution in [-0.2, 0) is 0 Å². The minimum Gasteiger partial charge on any atom is -0.506 e. The second-order valence-corrected chi connectivity index (χ2v) is 3.74. The fraction of sp³-hybridized carbons (Fsp3) is 0.250. The van der Waals surface area contributed by atoms with Crippen molar-refractivity contribution in [2.45, 2.75) is 6.04 Å². The number of nitro groups is 1. The number of nitro benzene ring substituents is 1. The highest BCUT2D eigenvalue weighted by molar-refractivity contribution is 9.10. The van der Waals surface area contributed by atoms with Crippen LogP contribution in [0.25, 0.3) is 0 Å². The Bertz CT molecular complexity index is 400. The summed E-state index contributed by atoms with van der Waals surface area (Å²) < 4.78 is 12.4. The van der Waals surface area contributed by atoms with Crippen molar-refractivity contribution >= 4 is 21.6 Å². The van der Waals surface area contributed by atoms with Crippen LogP contribution in [0.4, 0.5) is 10.1 Å². The van der Waals surface area contributed by atoms with Crippen LogP contribution in [0.3, 0.4) is 0 Å². The lowest BCUT2D eigenvalue weighted by molar-refractivity contribution is -0.385. The summed E-state index contributed by atoms with van der Waals surface area (Å²) >= 11 is 2.93. The third kappa shape index (κ3) is 2.42. The molecule has 5 nitrogen and oxygen atoms in total. The zero-order valence-corrected chi connectivity index (χ0v) is 9.07. The number of phenols is 1. The van der Waals surface area contributed by atoms with E-state index in [1.54, 1.807) is 0 Å². The van der Waals surface area contributed by atoms with Crippen LogP contribution in [0, 0.1) is 10.1 Å². The normalized spacial score (nSPS) is 12.5. The number of non-ortho nitro benzene ring substituents is 1. The Morgan fingerprint density at radius 3 is 2.73 bits per heavy atom. The van der Waals surface area contributed by atoms with E-state index in [0.717, 1.165) is 12.1 Å². The van der Waals surface area contributed by atoms with Crippen LogP contribution >= 0.6 is 15.9 Å². The van der Waals surface area contributed by atoms with Crippen LogP contribution in [0.15, 0.2) is 16.6 Å². The molecule has 15 heavy (non-hydrogen) atoms. The van der Waals surface area contributed by atoms with E-state index in [1.807, 2.05) is 0 Å². The van der Waals surface area contributed by atoms with Crippen molar-refractivity contribution in [2.75, 3.05) is 6.67 Å². The molecule has 0 heterocycles. The predicted octanol–water partition coefficient (Wildman–Crippen LogP) is 2.03. The van der Waals surface area contributed by atoms with Gasteiger partial charge in [0.1, 0.15) is 12.4 Å². The van der Waals surface area contributed by atoms with Crippen LogP contribution in [-0.4, -0.2) is 16.7 Å². The fourth-order valence-corrected chi connectivity index (χ4v) is 1.54. The van der Waals surface area contributed by atoms with Gasteiger partial charge < -0.3 is 10.8 Å². The number of aromatic hydroxyl groups is 1. The average Bonchev–Trinajstić information content (AvgIpc) is 2.20. The zero-order chi connectivity index (χ0) is 11.6. The standard InChI is InChI=1S/C8H8BrFN2O3/c9-6-2-4(12(14)15)1-5(8(6)13)7(11)3-10/h1-2,7,13H,3,11H2/t7-/m1/s1. The molecule has 0 bridgehead atoms. The largest absolute Gasteiger partial charge is 0.506 e. The zero-order valence-electron chi connectivity index (χ0n) is 7.48. The molecule has 7 heteroatoms. The smallest absolute Gasteiger partial charge is 0.271 e. The van der Waals surface area contributed by atoms with Crippen molar-refractivity contribution in [1.82, 2.24) is 0 Å². The van der Waals surface area contributed by atoms with Crippen LogP contribution in [0.2, 0.25) is 0 Å². The van der Waals surface area contributed by atoms with Crippen molar-refractivity contribution in [3.05, 3.63) is 32.3 Å². The van der Waals surface area contributed by atoms with Gasteiger partial charge in [-0.25, -0.2) is 4.39 Å². The first-order valence-corrected chi connectivity index (χ1v) is 4.75. The van der Waals surface area contributed by atoms with Gasteiger partial charge in [0.2, 0.25) is 0 Å². The molecule has 0 aliphatic rings. The lowest BCUT2D eigenvalue weighted by atomic mass is 10.1. The average molecular weight is 279 g/mol. The Labute approximate surface area is 93.0 Å². The summed E-state index contributed by atoms with van der Waals surface area (Å²) in [7, 11) is 0. The van der Waals surface area contributed by atoms with Crippen molar-refractivity contribution in [2.24, 2.45) is 5.73 Å². The fourth-order valence-electron chi connectivity index (χ4n) is 1.08. The summed E-state index contributed by atoms with van der Waals surface area (Å²) in [6.07, 6.45) is 0. The molecule has 3 N–H and O–H groups in total. The van der Waals surface area contributed by atoms with Crippen LogP contribution < -0.4 is 5.73 Å². The molecule has 0 saturated carbocycles. The third-order valence-corrected chi connectivity index (χ3v) is 2.46. The van der Waals surface area contributed by atoms with Gasteiger partial charge >= 0.3 is 0 Å². The maximum absolute atomic E-state index is 12.3. The van der Waals surface area contributed by atoms with Gasteiger partial charge in [0.15, 0.2) is 0 Å². The second kappa shape index (κ2) is 4.54. The molecule has 0 aliphatic carbocycles. The Kier molecular flexibility index (Phi) is 3.59. The van der Waals surface area contributed by atoms with E-state index in [0.29, 0.717) is 0 Å². The predicted molar refractivity (Wildman–Crippen MR) is 55.4 cm³/mol. The quantitative estimate of drug-likeness (QED) is 0.654. The van der Waals surface area contributed by atoms with E-state index in [9.17, 15) is 19.6 Å². The van der Waals surface area contributed by atoms with Crippen molar-refractivity contribution < 1.29 is 14.4 Å². The highest BCUT2D eigenvalue weighted by Crippen LogP contribution is 2.35. The van der Waals surface area contributed by atoms with E-state index in [4.69, 9.17) is 5.73 Å². The first kappa shape index (κ1) is 11.9. The summed E-state index contributed by atoms with van der Waals surface area (Å²) in [4.78, 5) is 9.86. The van der Waals surface area contributed by atoms with Gasteiger partial charge in [-0.15, -0.1) is 0 Å². The van der Waals surface area contributed by atoms with Gasteiger partial charge in [-0.3, -0.25) is 10.1 Å². The summed E-state index contributed by atoms with van der Waals surface area (Å²) in [5, 5.41) is 20.0. The Morgan fingerprint density at radius 2 is 2.27 bits per heavy atom. The lowest BCUT2D eigenvalue weighted by Gasteiger charge is -2.10. The molecular formula is C8H8BrFN2O3. The highest BCUT2D eigenvalue weighted by atomic mass is 79.9. The van der Waals surface area contributed by atoms with Gasteiger partial charge in [-0.2, -0.15) is 0 Å². The Hall–Kier alpha value is -1.21. The van der Waals surface area contributed by atoms with Gasteiger partial charge in [0, 0.05) is 17.7 Å². The van der Waals surface area contributed by atoms with Crippen molar-refractivity contribution in [3.63, 3.8) is 0 Å². The van der Waals surface area contributed by atoms with E-state index < -0.39 is 17.6 Å². The maximum atomic E-state index is 12.3. The minimum atomic E-state index is -1.07. The number of rotatable bonds is 3. The van der Waals surface area contributed by atoms with Gasteiger partial charge in [-0.05, 0) is 15.9 Å². The third-order valence-electron chi connectivity index (χ3n) is 1.85. The topological polar surface area (TPSA) is 89.4 Å². The van der Waals surface area contributed by atoms with E-state index in [2.05, 4.69) is 15.9 Å². The molecule has 0 saturated heterocycles. The lowest BCUT2D eigenvalue weighted by Crippen LogP contribution is -2.12. The molecule has 0 amide bonds. The van der Waals surface area contributed by atoms with Gasteiger partial charge in [0.05, 0.1) is 15.4 Å².